The van der Waals surface area contributed by atoms with Crippen molar-refractivity contribution in [1.82, 2.24) is 0 Å². The number of anilines is 1. The van der Waals surface area contributed by atoms with Gasteiger partial charge in [0.2, 0.25) is 10.0 Å². The Bertz CT molecular complexity index is 440. The van der Waals surface area contributed by atoms with Crippen molar-refractivity contribution in [3.63, 3.8) is 0 Å². The van der Waals surface area contributed by atoms with Gasteiger partial charge in [0.25, 0.3) is 0 Å². The molecule has 0 aliphatic rings. The summed E-state index contributed by atoms with van der Waals surface area (Å²) < 4.78 is 25.2. The van der Waals surface area contributed by atoms with Crippen LogP contribution in [-0.2, 0) is 10.0 Å². The van der Waals surface area contributed by atoms with Crippen molar-refractivity contribution in [1.29, 1.82) is 0 Å². The summed E-state index contributed by atoms with van der Waals surface area (Å²) in [5, 5.41) is 9.50. The number of phenols is 1. The van der Waals surface area contributed by atoms with Crippen LogP contribution in [0.25, 0.3) is 0 Å². The molecule has 0 amide bonds. The first kappa shape index (κ1) is 11.8. The molecule has 2 N–H and O–H groups in total. The lowest BCUT2D eigenvalue weighted by Gasteiger charge is -2.08. The molecule has 0 aromatic heterocycles. The van der Waals surface area contributed by atoms with Gasteiger partial charge in [-0.15, -0.1) is 0 Å². The summed E-state index contributed by atoms with van der Waals surface area (Å²) in [4.78, 5) is 0. The fourth-order valence-corrected chi connectivity index (χ4v) is 2.36. The van der Waals surface area contributed by atoms with Gasteiger partial charge in [-0.05, 0) is 31.0 Å². The van der Waals surface area contributed by atoms with E-state index in [9.17, 15) is 13.5 Å². The molecule has 5 heteroatoms. The average Bonchev–Trinajstić information content (AvgIpc) is 2.09. The number of nitrogens with one attached hydrogen (secondary N) is 1. The molecule has 84 valence electrons. The van der Waals surface area contributed by atoms with Gasteiger partial charge >= 0.3 is 0 Å². The minimum Gasteiger partial charge on any atom is -0.506 e. The van der Waals surface area contributed by atoms with Crippen molar-refractivity contribution in [3.8, 4) is 5.75 Å². The number of rotatable bonds is 4. The Hall–Kier alpha value is -1.23. The van der Waals surface area contributed by atoms with Gasteiger partial charge in [0, 0.05) is 0 Å². The number of hydrogen-bond donors (Lipinski definition) is 2. The number of aromatic hydroxyl groups is 1. The lowest BCUT2D eigenvalue weighted by Crippen LogP contribution is -2.16. The van der Waals surface area contributed by atoms with Gasteiger partial charge in [-0.1, -0.05) is 13.0 Å². The highest BCUT2D eigenvalue weighted by Crippen LogP contribution is 2.24. The molecule has 0 spiro atoms. The molecule has 0 saturated carbocycles. The van der Waals surface area contributed by atoms with Crippen LogP contribution in [0.1, 0.15) is 18.9 Å². The Kier molecular flexibility index (Phi) is 3.57. The Balaban J connectivity index is 2.90. The summed E-state index contributed by atoms with van der Waals surface area (Å²) in [6, 6.07) is 4.81. The molecule has 0 atom stereocenters. The molecule has 1 aromatic carbocycles. The molecule has 4 nitrogen and oxygen atoms in total. The van der Waals surface area contributed by atoms with Crippen LogP contribution in [0.3, 0.4) is 0 Å². The summed E-state index contributed by atoms with van der Waals surface area (Å²) in [6.07, 6.45) is 0.544. The van der Waals surface area contributed by atoms with E-state index >= 15 is 0 Å². The van der Waals surface area contributed by atoms with Gasteiger partial charge in [-0.2, -0.15) is 0 Å². The number of benzene rings is 1. The van der Waals surface area contributed by atoms with Crippen LogP contribution >= 0.6 is 0 Å². The van der Waals surface area contributed by atoms with Crippen molar-refractivity contribution in [2.24, 2.45) is 0 Å². The number of phenolic OH excluding ortho intramolecular Hbond substituents is 1. The molecule has 0 saturated heterocycles. The lowest BCUT2D eigenvalue weighted by molar-refractivity contribution is 0.477. The normalized spacial score (nSPS) is 11.3. The summed E-state index contributed by atoms with van der Waals surface area (Å²) in [5.74, 6) is 0.00928. The third-order valence-electron chi connectivity index (χ3n) is 1.89. The van der Waals surface area contributed by atoms with Crippen molar-refractivity contribution in [2.75, 3.05) is 10.5 Å². The number of hydrogen-bond acceptors (Lipinski definition) is 3. The van der Waals surface area contributed by atoms with E-state index in [2.05, 4.69) is 4.72 Å². The Morgan fingerprint density at radius 1 is 1.40 bits per heavy atom. The van der Waals surface area contributed by atoms with Crippen molar-refractivity contribution in [3.05, 3.63) is 23.8 Å². The second-order valence-corrected chi connectivity index (χ2v) is 5.28. The summed E-state index contributed by atoms with van der Waals surface area (Å²) in [7, 11) is -3.33. The zero-order valence-electron chi connectivity index (χ0n) is 8.82. The van der Waals surface area contributed by atoms with Gasteiger partial charge in [0.15, 0.2) is 0 Å². The molecule has 0 aliphatic heterocycles. The first-order chi connectivity index (χ1) is 6.94. The average molecular weight is 229 g/mol. The maximum absolute atomic E-state index is 11.4. The molecule has 0 aliphatic carbocycles. The zero-order chi connectivity index (χ0) is 11.5. The van der Waals surface area contributed by atoms with E-state index < -0.39 is 10.0 Å². The van der Waals surface area contributed by atoms with Gasteiger partial charge < -0.3 is 5.11 Å². The molecule has 0 heterocycles. The van der Waals surface area contributed by atoms with Crippen LogP contribution in [-0.4, -0.2) is 19.3 Å². The second-order valence-electron chi connectivity index (χ2n) is 3.44. The van der Waals surface area contributed by atoms with Gasteiger partial charge in [-0.3, -0.25) is 4.72 Å². The van der Waals surface area contributed by atoms with Crippen molar-refractivity contribution in [2.45, 2.75) is 20.3 Å². The van der Waals surface area contributed by atoms with Crippen molar-refractivity contribution < 1.29 is 13.5 Å². The summed E-state index contributed by atoms with van der Waals surface area (Å²) >= 11 is 0. The molecule has 0 radical (unpaired) electrons. The first-order valence-electron chi connectivity index (χ1n) is 4.74. The smallest absolute Gasteiger partial charge is 0.232 e. The van der Waals surface area contributed by atoms with Crippen LogP contribution in [0, 0.1) is 6.92 Å². The van der Waals surface area contributed by atoms with E-state index in [0.29, 0.717) is 6.42 Å². The van der Waals surface area contributed by atoms with Crippen LogP contribution in [0.15, 0.2) is 18.2 Å². The van der Waals surface area contributed by atoms with Crippen molar-refractivity contribution >= 4 is 15.7 Å². The highest BCUT2D eigenvalue weighted by Gasteiger charge is 2.11. The van der Waals surface area contributed by atoms with Gasteiger partial charge in [-0.25, -0.2) is 8.42 Å². The van der Waals surface area contributed by atoms with E-state index in [1.807, 2.05) is 6.92 Å². The van der Waals surface area contributed by atoms with Gasteiger partial charge in [0.05, 0.1) is 11.4 Å². The minimum atomic E-state index is -3.33. The van der Waals surface area contributed by atoms with E-state index in [-0.39, 0.29) is 17.2 Å². The van der Waals surface area contributed by atoms with E-state index in [1.54, 1.807) is 19.1 Å². The molecular formula is C10H15NO3S. The molecule has 0 unspecified atom stereocenters. The maximum Gasteiger partial charge on any atom is 0.232 e. The van der Waals surface area contributed by atoms with E-state index in [4.69, 9.17) is 0 Å². The fraction of sp³-hybridized carbons (Fsp3) is 0.400. The zero-order valence-corrected chi connectivity index (χ0v) is 9.63. The monoisotopic (exact) mass is 229 g/mol. The maximum atomic E-state index is 11.4. The van der Waals surface area contributed by atoms with Crippen LogP contribution in [0.4, 0.5) is 5.69 Å². The SMILES string of the molecule is CCCS(=O)(=O)Nc1ccc(C)cc1O. The number of aryl methyl sites for hydroxylation is 1. The predicted octanol–water partition coefficient (Wildman–Crippen LogP) is 1.85. The molecule has 1 rings (SSSR count). The molecule has 0 fully saturated rings. The molecule has 1 aromatic rings. The minimum absolute atomic E-state index is 0.0466. The topological polar surface area (TPSA) is 66.4 Å². The first-order valence-corrected chi connectivity index (χ1v) is 6.40. The van der Waals surface area contributed by atoms with E-state index in [1.165, 1.54) is 6.07 Å². The Morgan fingerprint density at radius 3 is 2.60 bits per heavy atom. The summed E-state index contributed by atoms with van der Waals surface area (Å²) in [5.41, 5.74) is 1.11. The highest BCUT2D eigenvalue weighted by molar-refractivity contribution is 7.92. The Labute approximate surface area is 90.0 Å². The standard InChI is InChI=1S/C10H15NO3S/c1-3-6-15(13,14)11-9-5-4-8(2)7-10(9)12/h4-5,7,11-12H,3,6H2,1-2H3. The number of sulfonamides is 1. The van der Waals surface area contributed by atoms with Crippen LogP contribution < -0.4 is 4.72 Å². The molecule has 0 bridgehead atoms. The highest BCUT2D eigenvalue weighted by atomic mass is 32.2. The Morgan fingerprint density at radius 2 is 2.07 bits per heavy atom. The lowest BCUT2D eigenvalue weighted by atomic mass is 10.2. The predicted molar refractivity (Wildman–Crippen MR) is 60.5 cm³/mol. The van der Waals surface area contributed by atoms with Crippen LogP contribution in [0.2, 0.25) is 0 Å². The molecular weight excluding hydrogens is 214 g/mol. The fourth-order valence-electron chi connectivity index (χ4n) is 1.22. The quantitative estimate of drug-likeness (QED) is 0.774. The molecule has 15 heavy (non-hydrogen) atoms. The second kappa shape index (κ2) is 4.53. The van der Waals surface area contributed by atoms with E-state index in [0.717, 1.165) is 5.56 Å². The van der Waals surface area contributed by atoms with Gasteiger partial charge in [0.1, 0.15) is 5.75 Å². The third kappa shape index (κ3) is 3.43. The largest absolute Gasteiger partial charge is 0.506 e. The third-order valence-corrected chi connectivity index (χ3v) is 3.37. The summed E-state index contributed by atoms with van der Waals surface area (Å²) in [6.45, 7) is 3.61. The van der Waals surface area contributed by atoms with Crippen LogP contribution in [0.5, 0.6) is 5.75 Å².